The van der Waals surface area contributed by atoms with Crippen molar-refractivity contribution in [1.82, 2.24) is 4.90 Å². The molecule has 7 heteroatoms. The minimum absolute atomic E-state index is 0.0978. The van der Waals surface area contributed by atoms with E-state index in [0.717, 1.165) is 6.42 Å². The van der Waals surface area contributed by atoms with E-state index in [9.17, 15) is 20.0 Å². The molecule has 0 bridgehead atoms. The normalized spacial score (nSPS) is 22.1. The van der Waals surface area contributed by atoms with E-state index in [0.29, 0.717) is 11.0 Å². The average Bonchev–Trinajstić information content (AvgIpc) is 2.79. The summed E-state index contributed by atoms with van der Waals surface area (Å²) >= 11 is 3.25. The van der Waals surface area contributed by atoms with Gasteiger partial charge < -0.3 is 10.0 Å². The Morgan fingerprint density at radius 1 is 1.60 bits per heavy atom. The van der Waals surface area contributed by atoms with E-state index >= 15 is 0 Å². The number of hydrogen-bond donors (Lipinski definition) is 1. The summed E-state index contributed by atoms with van der Waals surface area (Å²) in [5, 5.41) is 20.2. The van der Waals surface area contributed by atoms with Crippen LogP contribution < -0.4 is 0 Å². The molecule has 6 nitrogen and oxygen atoms in total. The molecule has 1 fully saturated rings. The molecule has 0 aromatic heterocycles. The van der Waals surface area contributed by atoms with Crippen molar-refractivity contribution < 1.29 is 14.8 Å². The highest BCUT2D eigenvalue weighted by Crippen LogP contribution is 2.29. The third-order valence-corrected chi connectivity index (χ3v) is 4.41. The van der Waals surface area contributed by atoms with Crippen molar-refractivity contribution in [3.05, 3.63) is 38.3 Å². The number of halogens is 1. The van der Waals surface area contributed by atoms with E-state index in [-0.39, 0.29) is 35.7 Å². The SMILES string of the molecule is CC1CCN(C(=O)c2cc([N+](=O)[O-])ccc2Br)C1CO. The molecule has 0 saturated carbocycles. The summed E-state index contributed by atoms with van der Waals surface area (Å²) < 4.78 is 0.518. The number of aliphatic hydroxyl groups is 1. The maximum Gasteiger partial charge on any atom is 0.270 e. The molecule has 1 amide bonds. The van der Waals surface area contributed by atoms with Gasteiger partial charge >= 0.3 is 0 Å². The number of hydrogen-bond acceptors (Lipinski definition) is 4. The fourth-order valence-corrected chi connectivity index (χ4v) is 2.90. The van der Waals surface area contributed by atoms with Gasteiger partial charge in [-0.2, -0.15) is 0 Å². The zero-order valence-electron chi connectivity index (χ0n) is 11.0. The minimum Gasteiger partial charge on any atom is -0.394 e. The van der Waals surface area contributed by atoms with Crippen molar-refractivity contribution in [3.63, 3.8) is 0 Å². The standard InChI is InChI=1S/C13H15BrN2O4/c1-8-4-5-15(12(8)7-17)13(18)10-6-9(16(19)20)2-3-11(10)14/h2-3,6,8,12,17H,4-5,7H2,1H3. The van der Waals surface area contributed by atoms with Crippen molar-refractivity contribution in [2.75, 3.05) is 13.2 Å². The second kappa shape index (κ2) is 5.88. The molecule has 108 valence electrons. The van der Waals surface area contributed by atoms with Crippen molar-refractivity contribution in [2.45, 2.75) is 19.4 Å². The Balaban J connectivity index is 2.33. The molecule has 1 aromatic rings. The highest BCUT2D eigenvalue weighted by Gasteiger charge is 2.35. The van der Waals surface area contributed by atoms with E-state index in [1.165, 1.54) is 18.2 Å². The smallest absolute Gasteiger partial charge is 0.270 e. The molecule has 2 unspecified atom stereocenters. The van der Waals surface area contributed by atoms with Crippen LogP contribution in [0.3, 0.4) is 0 Å². The number of nitrogens with zero attached hydrogens (tertiary/aromatic N) is 2. The molecule has 0 aliphatic carbocycles. The number of aliphatic hydroxyl groups excluding tert-OH is 1. The molecule has 0 radical (unpaired) electrons. The van der Waals surface area contributed by atoms with E-state index < -0.39 is 4.92 Å². The number of likely N-dealkylation sites (tertiary alicyclic amines) is 1. The molecule has 1 aliphatic heterocycles. The average molecular weight is 343 g/mol. The van der Waals surface area contributed by atoms with Crippen LogP contribution in [0.25, 0.3) is 0 Å². The highest BCUT2D eigenvalue weighted by molar-refractivity contribution is 9.10. The third-order valence-electron chi connectivity index (χ3n) is 3.72. The maximum absolute atomic E-state index is 12.5. The van der Waals surface area contributed by atoms with E-state index in [1.807, 2.05) is 6.92 Å². The molecular weight excluding hydrogens is 328 g/mol. The van der Waals surface area contributed by atoms with Gasteiger partial charge in [0.05, 0.1) is 23.1 Å². The van der Waals surface area contributed by atoms with Crippen molar-refractivity contribution in [3.8, 4) is 0 Å². The number of non-ortho nitro benzene ring substituents is 1. The van der Waals surface area contributed by atoms with Crippen LogP contribution >= 0.6 is 15.9 Å². The largest absolute Gasteiger partial charge is 0.394 e. The van der Waals surface area contributed by atoms with Gasteiger partial charge in [-0.25, -0.2) is 0 Å². The lowest BCUT2D eigenvalue weighted by atomic mass is 10.0. The lowest BCUT2D eigenvalue weighted by molar-refractivity contribution is -0.384. The summed E-state index contributed by atoms with van der Waals surface area (Å²) in [5.41, 5.74) is 0.135. The van der Waals surface area contributed by atoms with Gasteiger partial charge in [0.1, 0.15) is 0 Å². The first-order valence-corrected chi connectivity index (χ1v) is 7.10. The molecule has 2 rings (SSSR count). The molecule has 0 spiro atoms. The van der Waals surface area contributed by atoms with Crippen LogP contribution in [-0.2, 0) is 0 Å². The van der Waals surface area contributed by atoms with Crippen LogP contribution in [-0.4, -0.2) is 40.0 Å². The Morgan fingerprint density at radius 3 is 2.90 bits per heavy atom. The summed E-state index contributed by atoms with van der Waals surface area (Å²) in [6.45, 7) is 2.44. The predicted octanol–water partition coefficient (Wildman–Crippen LogP) is 2.20. The number of carbonyl (C=O) groups is 1. The number of nitro benzene ring substituents is 1. The summed E-state index contributed by atoms with van der Waals surface area (Å²) in [5.74, 6) is -0.0644. The van der Waals surface area contributed by atoms with E-state index in [1.54, 1.807) is 4.90 Å². The van der Waals surface area contributed by atoms with E-state index in [4.69, 9.17) is 0 Å². The number of benzene rings is 1. The quantitative estimate of drug-likeness (QED) is 0.674. The zero-order chi connectivity index (χ0) is 14.9. The van der Waals surface area contributed by atoms with Crippen LogP contribution in [0.15, 0.2) is 22.7 Å². The lowest BCUT2D eigenvalue weighted by Crippen LogP contribution is -2.40. The van der Waals surface area contributed by atoms with Gasteiger partial charge in [-0.15, -0.1) is 0 Å². The second-order valence-electron chi connectivity index (χ2n) is 4.94. The van der Waals surface area contributed by atoms with Gasteiger partial charge in [0, 0.05) is 23.2 Å². The molecule has 1 saturated heterocycles. The Hall–Kier alpha value is -1.47. The molecule has 1 aromatic carbocycles. The first-order valence-electron chi connectivity index (χ1n) is 6.31. The molecule has 1 heterocycles. The van der Waals surface area contributed by atoms with Crippen LogP contribution in [0.4, 0.5) is 5.69 Å². The van der Waals surface area contributed by atoms with Crippen LogP contribution in [0.2, 0.25) is 0 Å². The van der Waals surface area contributed by atoms with Gasteiger partial charge in [-0.3, -0.25) is 14.9 Å². The first kappa shape index (κ1) is 14.9. The van der Waals surface area contributed by atoms with Gasteiger partial charge in [0.25, 0.3) is 11.6 Å². The monoisotopic (exact) mass is 342 g/mol. The fourth-order valence-electron chi connectivity index (χ4n) is 2.48. The van der Waals surface area contributed by atoms with Crippen molar-refractivity contribution in [2.24, 2.45) is 5.92 Å². The summed E-state index contributed by atoms with van der Waals surface area (Å²) in [6, 6.07) is 3.88. The van der Waals surface area contributed by atoms with Crippen LogP contribution in [0.1, 0.15) is 23.7 Å². The third kappa shape index (κ3) is 2.69. The lowest BCUT2D eigenvalue weighted by Gasteiger charge is -2.25. The minimum atomic E-state index is -0.528. The summed E-state index contributed by atoms with van der Waals surface area (Å²) in [6.07, 6.45) is 0.823. The summed E-state index contributed by atoms with van der Waals surface area (Å²) in [7, 11) is 0. The first-order chi connectivity index (χ1) is 9.45. The molecule has 2 atom stereocenters. The topological polar surface area (TPSA) is 83.7 Å². The number of nitro groups is 1. The Labute approximate surface area is 124 Å². The fraction of sp³-hybridized carbons (Fsp3) is 0.462. The van der Waals surface area contributed by atoms with Gasteiger partial charge in [-0.05, 0) is 34.3 Å². The van der Waals surface area contributed by atoms with Crippen molar-refractivity contribution >= 4 is 27.5 Å². The van der Waals surface area contributed by atoms with Gasteiger partial charge in [0.15, 0.2) is 0 Å². The number of rotatable bonds is 3. The van der Waals surface area contributed by atoms with E-state index in [2.05, 4.69) is 15.9 Å². The number of amides is 1. The predicted molar refractivity (Wildman–Crippen MR) is 76.5 cm³/mol. The maximum atomic E-state index is 12.5. The van der Waals surface area contributed by atoms with Gasteiger partial charge in [0.2, 0.25) is 0 Å². The highest BCUT2D eigenvalue weighted by atomic mass is 79.9. The second-order valence-corrected chi connectivity index (χ2v) is 5.79. The Kier molecular flexibility index (Phi) is 4.39. The van der Waals surface area contributed by atoms with Crippen molar-refractivity contribution in [1.29, 1.82) is 0 Å². The van der Waals surface area contributed by atoms with Crippen LogP contribution in [0.5, 0.6) is 0 Å². The molecule has 20 heavy (non-hydrogen) atoms. The molecule has 1 aliphatic rings. The Morgan fingerprint density at radius 2 is 2.30 bits per heavy atom. The Bertz CT molecular complexity index is 549. The van der Waals surface area contributed by atoms with Gasteiger partial charge in [-0.1, -0.05) is 6.92 Å². The number of carbonyl (C=O) groups excluding carboxylic acids is 1. The zero-order valence-corrected chi connectivity index (χ0v) is 12.5. The summed E-state index contributed by atoms with van der Waals surface area (Å²) in [4.78, 5) is 24.4. The van der Waals surface area contributed by atoms with Crippen LogP contribution in [0, 0.1) is 16.0 Å². The molecular formula is C13H15BrN2O4. The molecule has 1 N–H and O–H groups in total.